The van der Waals surface area contributed by atoms with Crippen LogP contribution in [0.15, 0.2) is 23.0 Å². The fourth-order valence-electron chi connectivity index (χ4n) is 2.64. The average molecular weight is 328 g/mol. The van der Waals surface area contributed by atoms with Gasteiger partial charge in [-0.2, -0.15) is 0 Å². The summed E-state index contributed by atoms with van der Waals surface area (Å²) in [6, 6.07) is 3.73. The first-order valence-electron chi connectivity index (χ1n) is 6.89. The number of nitrogen functional groups attached to an aromatic ring is 1. The number of fused-ring (bicyclic) bond motifs is 1. The molecule has 0 bridgehead atoms. The van der Waals surface area contributed by atoms with Crippen molar-refractivity contribution >= 4 is 23.3 Å². The minimum atomic E-state index is -0.743. The van der Waals surface area contributed by atoms with Gasteiger partial charge in [-0.25, -0.2) is 0 Å². The molecule has 1 aromatic carbocycles. The monoisotopic (exact) mass is 328 g/mol. The molecule has 3 rings (SSSR count). The van der Waals surface area contributed by atoms with Crippen molar-refractivity contribution in [3.05, 3.63) is 60.9 Å². The normalized spacial score (nSPS) is 12.9. The molecule has 0 saturated heterocycles. The number of hydrogen-bond acceptors (Lipinski definition) is 6. The molecule has 0 atom stereocenters. The lowest BCUT2D eigenvalue weighted by atomic mass is 10.1. The van der Waals surface area contributed by atoms with Crippen LogP contribution in [-0.2, 0) is 0 Å². The second kappa shape index (κ2) is 5.01. The Bertz CT molecular complexity index is 1010. The first kappa shape index (κ1) is 15.4. The number of imide groups is 1. The van der Waals surface area contributed by atoms with Gasteiger partial charge in [-0.1, -0.05) is 0 Å². The van der Waals surface area contributed by atoms with E-state index in [1.165, 1.54) is 12.1 Å². The maximum absolute atomic E-state index is 12.4. The fourth-order valence-corrected chi connectivity index (χ4v) is 2.64. The van der Waals surface area contributed by atoms with E-state index in [4.69, 9.17) is 5.73 Å². The van der Waals surface area contributed by atoms with Gasteiger partial charge in [0.15, 0.2) is 0 Å². The van der Waals surface area contributed by atoms with Crippen LogP contribution >= 0.6 is 0 Å². The highest BCUT2D eigenvalue weighted by Crippen LogP contribution is 2.30. The summed E-state index contributed by atoms with van der Waals surface area (Å²) in [5.74, 6) is -1.78. The number of nitrogens with two attached hydrogens (primary N) is 1. The third kappa shape index (κ3) is 2.06. The molecule has 9 heteroatoms. The Morgan fingerprint density at radius 3 is 2.33 bits per heavy atom. The Morgan fingerprint density at radius 1 is 1.08 bits per heavy atom. The van der Waals surface area contributed by atoms with Crippen molar-refractivity contribution in [2.24, 2.45) is 0 Å². The standard InChI is InChI=1S/C15H12N4O5/c1-6-3-9(10(19(23)24)4-7(6)2)18-11(20)5-8-12(13(18)16)15(22)17-14(8)21/h3-5H,16H2,1-2H3,(H,17,21,22). The number of nitrogens with zero attached hydrogens (tertiary/aromatic N) is 2. The van der Waals surface area contributed by atoms with E-state index in [0.29, 0.717) is 11.1 Å². The van der Waals surface area contributed by atoms with Crippen LogP contribution in [0.3, 0.4) is 0 Å². The minimum absolute atomic E-state index is 0.0550. The van der Waals surface area contributed by atoms with Gasteiger partial charge in [0.25, 0.3) is 23.1 Å². The molecular formula is C15H12N4O5. The molecule has 1 aliphatic rings. The van der Waals surface area contributed by atoms with E-state index in [1.54, 1.807) is 13.8 Å². The molecule has 1 aliphatic heterocycles. The highest BCUT2D eigenvalue weighted by Gasteiger charge is 2.33. The number of aryl methyl sites for hydroxylation is 2. The molecule has 122 valence electrons. The van der Waals surface area contributed by atoms with Crippen molar-refractivity contribution < 1.29 is 14.5 Å². The molecule has 0 unspecified atom stereocenters. The Balaban J connectivity index is 2.41. The minimum Gasteiger partial charge on any atom is -0.384 e. The Kier molecular flexibility index (Phi) is 3.22. The average Bonchev–Trinajstić information content (AvgIpc) is 2.76. The third-order valence-electron chi connectivity index (χ3n) is 3.98. The Labute approximate surface area is 134 Å². The summed E-state index contributed by atoms with van der Waals surface area (Å²) in [5, 5.41) is 13.4. The molecule has 0 spiro atoms. The predicted molar refractivity (Wildman–Crippen MR) is 84.4 cm³/mol. The zero-order chi connectivity index (χ0) is 17.8. The van der Waals surface area contributed by atoms with Gasteiger partial charge in [-0.3, -0.25) is 34.4 Å². The van der Waals surface area contributed by atoms with Crippen LogP contribution in [0, 0.1) is 24.0 Å². The van der Waals surface area contributed by atoms with Crippen molar-refractivity contribution in [1.82, 2.24) is 9.88 Å². The van der Waals surface area contributed by atoms with Gasteiger partial charge in [0.05, 0.1) is 16.1 Å². The number of carbonyl (C=O) groups excluding carboxylic acids is 2. The molecule has 1 aromatic heterocycles. The lowest BCUT2D eigenvalue weighted by Gasteiger charge is -2.13. The molecule has 24 heavy (non-hydrogen) atoms. The number of benzene rings is 1. The molecule has 2 amide bonds. The summed E-state index contributed by atoms with van der Waals surface area (Å²) >= 11 is 0. The van der Waals surface area contributed by atoms with Gasteiger partial charge in [0, 0.05) is 12.1 Å². The number of nitro benzene ring substituents is 1. The number of aromatic nitrogens is 1. The quantitative estimate of drug-likeness (QED) is 0.476. The molecule has 9 nitrogen and oxygen atoms in total. The smallest absolute Gasteiger partial charge is 0.293 e. The van der Waals surface area contributed by atoms with Crippen molar-refractivity contribution in [2.45, 2.75) is 13.8 Å². The maximum atomic E-state index is 12.4. The summed E-state index contributed by atoms with van der Waals surface area (Å²) in [6.07, 6.45) is 0. The molecule has 3 N–H and O–H groups in total. The van der Waals surface area contributed by atoms with Crippen LogP contribution < -0.4 is 16.6 Å². The van der Waals surface area contributed by atoms with Crippen LogP contribution in [-0.4, -0.2) is 21.3 Å². The van der Waals surface area contributed by atoms with E-state index in [2.05, 4.69) is 0 Å². The van der Waals surface area contributed by atoms with Crippen LogP contribution in [0.1, 0.15) is 31.8 Å². The van der Waals surface area contributed by atoms with Crippen LogP contribution in [0.2, 0.25) is 0 Å². The maximum Gasteiger partial charge on any atom is 0.293 e. The molecule has 0 radical (unpaired) electrons. The Morgan fingerprint density at radius 2 is 1.71 bits per heavy atom. The van der Waals surface area contributed by atoms with Gasteiger partial charge in [0.2, 0.25) is 0 Å². The molecule has 0 fully saturated rings. The van der Waals surface area contributed by atoms with Crippen molar-refractivity contribution in [2.75, 3.05) is 5.73 Å². The highest BCUT2D eigenvalue weighted by molar-refractivity contribution is 6.23. The fraction of sp³-hybridized carbons (Fsp3) is 0.133. The number of anilines is 1. The van der Waals surface area contributed by atoms with Crippen molar-refractivity contribution in [3.8, 4) is 5.69 Å². The van der Waals surface area contributed by atoms with Gasteiger partial charge in [-0.15, -0.1) is 0 Å². The van der Waals surface area contributed by atoms with E-state index in [1.807, 2.05) is 5.32 Å². The second-order valence-electron chi connectivity index (χ2n) is 5.46. The zero-order valence-corrected chi connectivity index (χ0v) is 12.7. The summed E-state index contributed by atoms with van der Waals surface area (Å²) in [5.41, 5.74) is 5.88. The molecular weight excluding hydrogens is 316 g/mol. The predicted octanol–water partition coefficient (Wildman–Crippen LogP) is 0.828. The molecule has 2 aromatic rings. The number of amides is 2. The van der Waals surface area contributed by atoms with E-state index < -0.39 is 22.3 Å². The number of hydrogen-bond donors (Lipinski definition) is 2. The first-order valence-corrected chi connectivity index (χ1v) is 6.89. The largest absolute Gasteiger partial charge is 0.384 e. The molecule has 0 saturated carbocycles. The topological polar surface area (TPSA) is 137 Å². The van der Waals surface area contributed by atoms with Crippen LogP contribution in [0.25, 0.3) is 5.69 Å². The van der Waals surface area contributed by atoms with E-state index in [9.17, 15) is 24.5 Å². The summed E-state index contributed by atoms with van der Waals surface area (Å²) in [4.78, 5) is 46.6. The molecule has 2 heterocycles. The Hall–Kier alpha value is -3.49. The van der Waals surface area contributed by atoms with Gasteiger partial charge in [0.1, 0.15) is 11.5 Å². The van der Waals surface area contributed by atoms with Gasteiger partial charge < -0.3 is 5.73 Å². The SMILES string of the molecule is Cc1cc(-n2c(N)c3c(cc2=O)C(=O)NC3=O)c([N+](=O)[O-])cc1C. The van der Waals surface area contributed by atoms with Crippen molar-refractivity contribution in [3.63, 3.8) is 0 Å². The van der Waals surface area contributed by atoms with Gasteiger partial charge in [-0.05, 0) is 31.0 Å². The number of nitro groups is 1. The van der Waals surface area contributed by atoms with E-state index >= 15 is 0 Å². The summed E-state index contributed by atoms with van der Waals surface area (Å²) in [7, 11) is 0. The number of pyridine rings is 1. The van der Waals surface area contributed by atoms with E-state index in [0.717, 1.165) is 10.6 Å². The number of nitrogens with one attached hydrogen (secondary N) is 1. The number of carbonyl (C=O) groups is 2. The summed E-state index contributed by atoms with van der Waals surface area (Å²) in [6.45, 7) is 3.43. The van der Waals surface area contributed by atoms with Crippen molar-refractivity contribution in [1.29, 1.82) is 0 Å². The number of rotatable bonds is 2. The van der Waals surface area contributed by atoms with E-state index in [-0.39, 0.29) is 28.3 Å². The summed E-state index contributed by atoms with van der Waals surface area (Å²) < 4.78 is 0.877. The lowest BCUT2D eigenvalue weighted by Crippen LogP contribution is -2.25. The third-order valence-corrected chi connectivity index (χ3v) is 3.98. The zero-order valence-electron chi connectivity index (χ0n) is 12.7. The van der Waals surface area contributed by atoms with Crippen LogP contribution in [0.5, 0.6) is 0 Å². The molecule has 0 aliphatic carbocycles. The second-order valence-corrected chi connectivity index (χ2v) is 5.46. The van der Waals surface area contributed by atoms with Gasteiger partial charge >= 0.3 is 0 Å². The highest BCUT2D eigenvalue weighted by atomic mass is 16.6. The van der Waals surface area contributed by atoms with Crippen LogP contribution in [0.4, 0.5) is 11.5 Å². The lowest BCUT2D eigenvalue weighted by molar-refractivity contribution is -0.384. The first-order chi connectivity index (χ1) is 11.2.